The third kappa shape index (κ3) is 1.90. The second-order valence-corrected chi connectivity index (χ2v) is 3.29. The fourth-order valence-corrected chi connectivity index (χ4v) is 1.48. The summed E-state index contributed by atoms with van der Waals surface area (Å²) in [4.78, 5) is 18.5. The summed E-state index contributed by atoms with van der Waals surface area (Å²) < 4.78 is 4.89. The highest BCUT2D eigenvalue weighted by molar-refractivity contribution is 5.93. The van der Waals surface area contributed by atoms with Crippen LogP contribution >= 0.6 is 0 Å². The van der Waals surface area contributed by atoms with Gasteiger partial charge in [-0.25, -0.2) is 9.78 Å². The molecule has 0 spiro atoms. The van der Waals surface area contributed by atoms with Crippen molar-refractivity contribution < 1.29 is 14.6 Å². The predicted octanol–water partition coefficient (Wildman–Crippen LogP) is 1.23. The number of hydrogen-bond donors (Lipinski definition) is 2. The molecule has 1 aromatic carbocycles. The third-order valence-electron chi connectivity index (χ3n) is 2.19. The van der Waals surface area contributed by atoms with Crippen LogP contribution in [0.25, 0.3) is 11.0 Å². The molecule has 5 nitrogen and oxygen atoms in total. The van der Waals surface area contributed by atoms with Crippen LogP contribution < -0.4 is 0 Å². The topological polar surface area (TPSA) is 75.2 Å². The molecule has 0 aliphatic carbocycles. The molecule has 1 heterocycles. The number of aromatic nitrogens is 2. The van der Waals surface area contributed by atoms with Crippen molar-refractivity contribution in [3.05, 3.63) is 29.6 Å². The van der Waals surface area contributed by atoms with Crippen molar-refractivity contribution in [2.75, 3.05) is 6.61 Å². The number of esters is 1. The summed E-state index contributed by atoms with van der Waals surface area (Å²) in [6.07, 6.45) is 0. The molecule has 0 saturated heterocycles. The first-order valence-corrected chi connectivity index (χ1v) is 5.01. The molecule has 84 valence electrons. The van der Waals surface area contributed by atoms with Crippen LogP contribution in [0.3, 0.4) is 0 Å². The predicted molar refractivity (Wildman–Crippen MR) is 58.0 cm³/mol. The Hall–Kier alpha value is -1.88. The Morgan fingerprint density at radius 2 is 2.38 bits per heavy atom. The molecule has 0 amide bonds. The average molecular weight is 220 g/mol. The molecule has 0 saturated carbocycles. The van der Waals surface area contributed by atoms with Gasteiger partial charge in [-0.3, -0.25) is 0 Å². The minimum absolute atomic E-state index is 0.149. The fourth-order valence-electron chi connectivity index (χ4n) is 1.48. The molecule has 5 heteroatoms. The van der Waals surface area contributed by atoms with Crippen LogP contribution in [0, 0.1) is 0 Å². The van der Waals surface area contributed by atoms with Crippen molar-refractivity contribution in [3.63, 3.8) is 0 Å². The number of carbonyl (C=O) groups excluding carboxylic acids is 1. The quantitative estimate of drug-likeness (QED) is 0.763. The summed E-state index contributed by atoms with van der Waals surface area (Å²) in [5.41, 5.74) is 1.91. The van der Waals surface area contributed by atoms with Crippen molar-refractivity contribution >= 4 is 17.0 Å². The summed E-state index contributed by atoms with van der Waals surface area (Å²) in [7, 11) is 0. The third-order valence-corrected chi connectivity index (χ3v) is 2.19. The van der Waals surface area contributed by atoms with Gasteiger partial charge in [0.25, 0.3) is 0 Å². The number of nitrogens with one attached hydrogen (secondary N) is 1. The smallest absolute Gasteiger partial charge is 0.338 e. The lowest BCUT2D eigenvalue weighted by Gasteiger charge is -2.00. The molecule has 2 rings (SSSR count). The minimum Gasteiger partial charge on any atom is -0.462 e. The first kappa shape index (κ1) is 10.6. The summed E-state index contributed by atoms with van der Waals surface area (Å²) in [5.74, 6) is 0.126. The summed E-state index contributed by atoms with van der Waals surface area (Å²) >= 11 is 0. The van der Waals surface area contributed by atoms with Gasteiger partial charge in [-0.1, -0.05) is 0 Å². The maximum atomic E-state index is 11.5. The van der Waals surface area contributed by atoms with Gasteiger partial charge in [0.2, 0.25) is 0 Å². The number of ether oxygens (including phenoxy) is 1. The molecule has 0 unspecified atom stereocenters. The van der Waals surface area contributed by atoms with E-state index < -0.39 is 0 Å². The lowest BCUT2D eigenvalue weighted by Crippen LogP contribution is -2.04. The van der Waals surface area contributed by atoms with Crippen molar-refractivity contribution in [3.8, 4) is 0 Å². The molecule has 1 aromatic heterocycles. The first-order valence-electron chi connectivity index (χ1n) is 5.01. The van der Waals surface area contributed by atoms with Crippen LogP contribution in [-0.2, 0) is 11.3 Å². The Labute approximate surface area is 92.1 Å². The number of rotatable bonds is 3. The van der Waals surface area contributed by atoms with E-state index in [0.717, 1.165) is 11.0 Å². The van der Waals surface area contributed by atoms with Crippen LogP contribution in [0.5, 0.6) is 0 Å². The molecular weight excluding hydrogens is 208 g/mol. The van der Waals surface area contributed by atoms with Crippen molar-refractivity contribution in [2.45, 2.75) is 13.5 Å². The monoisotopic (exact) mass is 220 g/mol. The zero-order valence-corrected chi connectivity index (χ0v) is 8.86. The molecule has 0 aliphatic rings. The van der Waals surface area contributed by atoms with Gasteiger partial charge in [0, 0.05) is 0 Å². The first-order chi connectivity index (χ1) is 7.74. The fraction of sp³-hybridized carbons (Fsp3) is 0.273. The van der Waals surface area contributed by atoms with Gasteiger partial charge in [0.15, 0.2) is 0 Å². The highest BCUT2D eigenvalue weighted by Crippen LogP contribution is 2.14. The van der Waals surface area contributed by atoms with Crippen LogP contribution in [-0.4, -0.2) is 27.7 Å². The highest BCUT2D eigenvalue weighted by atomic mass is 16.5. The molecule has 2 aromatic rings. The Morgan fingerprint density at radius 3 is 3.06 bits per heavy atom. The number of aliphatic hydroxyl groups is 1. The van der Waals surface area contributed by atoms with Gasteiger partial charge in [-0.2, -0.15) is 0 Å². The van der Waals surface area contributed by atoms with Gasteiger partial charge < -0.3 is 14.8 Å². The molecular formula is C11H12N2O3. The number of imidazole rings is 1. The summed E-state index contributed by atoms with van der Waals surface area (Å²) in [5, 5.41) is 8.92. The van der Waals surface area contributed by atoms with Gasteiger partial charge in [-0.05, 0) is 25.1 Å². The van der Waals surface area contributed by atoms with Crippen LogP contribution in [0.15, 0.2) is 18.2 Å². The van der Waals surface area contributed by atoms with E-state index >= 15 is 0 Å². The average Bonchev–Trinajstić information content (AvgIpc) is 2.70. The van der Waals surface area contributed by atoms with Crippen molar-refractivity contribution in [2.24, 2.45) is 0 Å². The van der Waals surface area contributed by atoms with Gasteiger partial charge >= 0.3 is 5.97 Å². The van der Waals surface area contributed by atoms with Gasteiger partial charge in [0.05, 0.1) is 23.2 Å². The largest absolute Gasteiger partial charge is 0.462 e. The molecule has 0 atom stereocenters. The van der Waals surface area contributed by atoms with E-state index in [1.807, 2.05) is 0 Å². The highest BCUT2D eigenvalue weighted by Gasteiger charge is 2.09. The number of nitrogens with zero attached hydrogens (tertiary/aromatic N) is 1. The zero-order valence-electron chi connectivity index (χ0n) is 8.86. The number of aliphatic hydroxyl groups excluding tert-OH is 1. The molecule has 0 radical (unpaired) electrons. The zero-order chi connectivity index (χ0) is 11.5. The van der Waals surface area contributed by atoms with Crippen molar-refractivity contribution in [1.29, 1.82) is 0 Å². The van der Waals surface area contributed by atoms with Crippen LogP contribution in [0.1, 0.15) is 23.1 Å². The molecule has 0 fully saturated rings. The van der Waals surface area contributed by atoms with E-state index in [-0.39, 0.29) is 12.6 Å². The molecule has 0 bridgehead atoms. The number of H-pyrrole nitrogens is 1. The number of benzene rings is 1. The minimum atomic E-state index is -0.357. The summed E-state index contributed by atoms with van der Waals surface area (Å²) in [6.45, 7) is 1.96. The van der Waals surface area contributed by atoms with Crippen LogP contribution in [0.2, 0.25) is 0 Å². The Balaban J connectivity index is 2.39. The Kier molecular flexibility index (Phi) is 2.87. The molecule has 16 heavy (non-hydrogen) atoms. The second-order valence-electron chi connectivity index (χ2n) is 3.29. The number of hydrogen-bond acceptors (Lipinski definition) is 4. The number of fused-ring (bicyclic) bond motifs is 1. The molecule has 0 aliphatic heterocycles. The van der Waals surface area contributed by atoms with E-state index in [2.05, 4.69) is 9.97 Å². The van der Waals surface area contributed by atoms with E-state index in [0.29, 0.717) is 18.0 Å². The van der Waals surface area contributed by atoms with Gasteiger partial charge in [0.1, 0.15) is 12.4 Å². The number of carbonyl (C=O) groups is 1. The Bertz CT molecular complexity index is 519. The van der Waals surface area contributed by atoms with Crippen molar-refractivity contribution in [1.82, 2.24) is 9.97 Å². The van der Waals surface area contributed by atoms with E-state index in [4.69, 9.17) is 9.84 Å². The SMILES string of the molecule is CCOC(=O)c1ccc2nc(CO)[nH]c2c1. The van der Waals surface area contributed by atoms with Crippen LogP contribution in [0.4, 0.5) is 0 Å². The maximum absolute atomic E-state index is 11.5. The van der Waals surface area contributed by atoms with E-state index in [9.17, 15) is 4.79 Å². The lowest BCUT2D eigenvalue weighted by molar-refractivity contribution is 0.0526. The van der Waals surface area contributed by atoms with E-state index in [1.54, 1.807) is 25.1 Å². The van der Waals surface area contributed by atoms with Gasteiger partial charge in [-0.15, -0.1) is 0 Å². The lowest BCUT2D eigenvalue weighted by atomic mass is 10.2. The normalized spacial score (nSPS) is 10.6. The summed E-state index contributed by atoms with van der Waals surface area (Å²) in [6, 6.07) is 5.04. The maximum Gasteiger partial charge on any atom is 0.338 e. The number of aromatic amines is 1. The second kappa shape index (κ2) is 4.32. The molecule has 2 N–H and O–H groups in total. The standard InChI is InChI=1S/C11H12N2O3/c1-2-16-11(15)7-3-4-8-9(5-7)13-10(6-14)12-8/h3-5,14H,2,6H2,1H3,(H,12,13). The Morgan fingerprint density at radius 1 is 1.56 bits per heavy atom. The van der Waals surface area contributed by atoms with E-state index in [1.165, 1.54) is 0 Å².